The standard InChI is InChI=1S/C61H104O6/c1-4-7-10-13-16-19-22-25-27-29-30-32-33-36-39-42-45-48-51-54-60(63)66-57-58(56-65-59(62)53-50-47-44-41-38-35-24-21-18-15-12-9-6-3)67-61(64)55-52-49-46-43-40-37-34-31-28-26-23-20-17-14-11-8-5-2/h8,11,14,17,20,23,26,28,31,34-35,37-38,40,58H,4-7,9-10,12-13,15-16,18-19,21-22,24-25,27,29-30,32-33,36,39,41-57H2,1-3H3/b11-8-,17-14-,23-20-,28-26-,34-31+,38-35-,40-37-. The maximum atomic E-state index is 12.8. The van der Waals surface area contributed by atoms with Gasteiger partial charge in [0.2, 0.25) is 0 Å². The van der Waals surface area contributed by atoms with Gasteiger partial charge in [0.1, 0.15) is 13.2 Å². The molecule has 0 saturated heterocycles. The summed E-state index contributed by atoms with van der Waals surface area (Å²) < 4.78 is 16.8. The summed E-state index contributed by atoms with van der Waals surface area (Å²) in [5, 5.41) is 0. The molecule has 1 atom stereocenters. The Hall–Kier alpha value is -3.41. The molecule has 0 aromatic heterocycles. The lowest BCUT2D eigenvalue weighted by atomic mass is 10.0. The van der Waals surface area contributed by atoms with Crippen LogP contribution >= 0.6 is 0 Å². The summed E-state index contributed by atoms with van der Waals surface area (Å²) in [6.45, 7) is 6.45. The van der Waals surface area contributed by atoms with Crippen molar-refractivity contribution in [2.24, 2.45) is 0 Å². The van der Waals surface area contributed by atoms with Gasteiger partial charge in [-0.05, 0) is 64.2 Å². The Labute approximate surface area is 414 Å². The summed E-state index contributed by atoms with van der Waals surface area (Å²) in [6, 6.07) is 0. The third-order valence-corrected chi connectivity index (χ3v) is 12.0. The normalized spacial score (nSPS) is 12.7. The monoisotopic (exact) mass is 933 g/mol. The van der Waals surface area contributed by atoms with Crippen LogP contribution in [-0.2, 0) is 28.6 Å². The van der Waals surface area contributed by atoms with Crippen molar-refractivity contribution in [3.05, 3.63) is 85.1 Å². The highest BCUT2D eigenvalue weighted by Gasteiger charge is 2.19. The largest absolute Gasteiger partial charge is 0.462 e. The number of hydrogen-bond acceptors (Lipinski definition) is 6. The van der Waals surface area contributed by atoms with Crippen molar-refractivity contribution >= 4 is 17.9 Å². The molecule has 6 nitrogen and oxygen atoms in total. The van der Waals surface area contributed by atoms with Crippen LogP contribution in [0.4, 0.5) is 0 Å². The second-order valence-corrected chi connectivity index (χ2v) is 18.6. The van der Waals surface area contributed by atoms with Gasteiger partial charge in [-0.15, -0.1) is 0 Å². The quantitative estimate of drug-likeness (QED) is 0.0199. The molecule has 384 valence electrons. The van der Waals surface area contributed by atoms with Crippen LogP contribution in [0.15, 0.2) is 85.1 Å². The van der Waals surface area contributed by atoms with Gasteiger partial charge in [-0.25, -0.2) is 0 Å². The number of unbranched alkanes of at least 4 members (excludes halogenated alkanes) is 30. The zero-order valence-electron chi connectivity index (χ0n) is 43.9. The van der Waals surface area contributed by atoms with Gasteiger partial charge in [0, 0.05) is 19.3 Å². The van der Waals surface area contributed by atoms with Gasteiger partial charge in [0.25, 0.3) is 0 Å². The summed E-state index contributed by atoms with van der Waals surface area (Å²) in [6.07, 6.45) is 71.4. The molecule has 0 rings (SSSR count). The SMILES string of the molecule is CC\C=C/C=C\C=C/C=C\C=C\C=C/CCCCCC(=O)OC(COC(=O)CCCCC/C=C\CCCCCCCC)COC(=O)CCCCCCCCCCCCCCCCCCCCC. The van der Waals surface area contributed by atoms with Gasteiger partial charge < -0.3 is 14.2 Å². The zero-order valence-corrected chi connectivity index (χ0v) is 43.9. The maximum absolute atomic E-state index is 12.8. The van der Waals surface area contributed by atoms with E-state index >= 15 is 0 Å². The first-order valence-corrected chi connectivity index (χ1v) is 28.2. The van der Waals surface area contributed by atoms with Crippen molar-refractivity contribution in [1.82, 2.24) is 0 Å². The number of hydrogen-bond donors (Lipinski definition) is 0. The van der Waals surface area contributed by atoms with Crippen molar-refractivity contribution < 1.29 is 28.6 Å². The third kappa shape index (κ3) is 53.4. The van der Waals surface area contributed by atoms with Gasteiger partial charge in [-0.2, -0.15) is 0 Å². The fourth-order valence-corrected chi connectivity index (χ4v) is 7.82. The Kier molecular flexibility index (Phi) is 52.4. The lowest BCUT2D eigenvalue weighted by molar-refractivity contribution is -0.167. The Bertz CT molecular complexity index is 1300. The van der Waals surface area contributed by atoms with E-state index in [9.17, 15) is 14.4 Å². The molecule has 0 saturated carbocycles. The molecule has 0 aliphatic heterocycles. The van der Waals surface area contributed by atoms with Crippen LogP contribution < -0.4 is 0 Å². The summed E-state index contributed by atoms with van der Waals surface area (Å²) in [5.41, 5.74) is 0. The van der Waals surface area contributed by atoms with Crippen LogP contribution in [0.1, 0.15) is 265 Å². The predicted molar refractivity (Wildman–Crippen MR) is 288 cm³/mol. The average Bonchev–Trinajstić information content (AvgIpc) is 3.33. The Morgan fingerprint density at radius 3 is 0.970 bits per heavy atom. The Morgan fingerprint density at radius 2 is 0.597 bits per heavy atom. The Morgan fingerprint density at radius 1 is 0.313 bits per heavy atom. The minimum Gasteiger partial charge on any atom is -0.462 e. The topological polar surface area (TPSA) is 78.9 Å². The minimum atomic E-state index is -0.805. The van der Waals surface area contributed by atoms with E-state index in [0.717, 1.165) is 77.0 Å². The van der Waals surface area contributed by atoms with E-state index in [0.29, 0.717) is 19.3 Å². The number of carbonyl (C=O) groups excluding carboxylic acids is 3. The number of carbonyl (C=O) groups is 3. The minimum absolute atomic E-state index is 0.0977. The number of rotatable bonds is 50. The van der Waals surface area contributed by atoms with Crippen LogP contribution in [0.5, 0.6) is 0 Å². The van der Waals surface area contributed by atoms with E-state index in [1.165, 1.54) is 141 Å². The van der Waals surface area contributed by atoms with E-state index in [1.54, 1.807) is 0 Å². The molecule has 0 aromatic carbocycles. The molecule has 0 amide bonds. The van der Waals surface area contributed by atoms with Crippen molar-refractivity contribution in [3.63, 3.8) is 0 Å². The molecular formula is C61H104O6. The molecule has 0 N–H and O–H groups in total. The fraction of sp³-hybridized carbons (Fsp3) is 0.721. The van der Waals surface area contributed by atoms with E-state index in [4.69, 9.17) is 14.2 Å². The summed E-state index contributed by atoms with van der Waals surface area (Å²) in [7, 11) is 0. The first-order chi connectivity index (χ1) is 33.0. The molecule has 0 aromatic rings. The zero-order chi connectivity index (χ0) is 48.6. The number of esters is 3. The summed E-state index contributed by atoms with van der Waals surface area (Å²) >= 11 is 0. The van der Waals surface area contributed by atoms with Crippen LogP contribution in [0.3, 0.4) is 0 Å². The van der Waals surface area contributed by atoms with E-state index in [2.05, 4.69) is 45.1 Å². The van der Waals surface area contributed by atoms with Crippen LogP contribution in [-0.4, -0.2) is 37.2 Å². The lowest BCUT2D eigenvalue weighted by Crippen LogP contribution is -2.30. The molecule has 0 fully saturated rings. The van der Waals surface area contributed by atoms with Crippen molar-refractivity contribution in [3.8, 4) is 0 Å². The van der Waals surface area contributed by atoms with Gasteiger partial charge in [-0.3, -0.25) is 14.4 Å². The first kappa shape index (κ1) is 63.6. The van der Waals surface area contributed by atoms with Crippen LogP contribution in [0, 0.1) is 0 Å². The van der Waals surface area contributed by atoms with Crippen LogP contribution in [0.25, 0.3) is 0 Å². The summed E-state index contributed by atoms with van der Waals surface area (Å²) in [5.74, 6) is -0.952. The molecule has 0 bridgehead atoms. The highest BCUT2D eigenvalue weighted by atomic mass is 16.6. The molecule has 0 aliphatic carbocycles. The molecule has 67 heavy (non-hydrogen) atoms. The summed E-state index contributed by atoms with van der Waals surface area (Å²) in [4.78, 5) is 38.1. The van der Waals surface area contributed by atoms with Gasteiger partial charge in [0.05, 0.1) is 0 Å². The number of ether oxygens (including phenoxy) is 3. The highest BCUT2D eigenvalue weighted by Crippen LogP contribution is 2.16. The van der Waals surface area contributed by atoms with Crippen molar-refractivity contribution in [2.75, 3.05) is 13.2 Å². The smallest absolute Gasteiger partial charge is 0.306 e. The van der Waals surface area contributed by atoms with Crippen molar-refractivity contribution in [1.29, 1.82) is 0 Å². The first-order valence-electron chi connectivity index (χ1n) is 28.2. The highest BCUT2D eigenvalue weighted by molar-refractivity contribution is 5.71. The second kappa shape index (κ2) is 55.2. The predicted octanol–water partition coefficient (Wildman–Crippen LogP) is 18.8. The Balaban J connectivity index is 4.44. The molecule has 6 heteroatoms. The van der Waals surface area contributed by atoms with Gasteiger partial charge in [-0.1, -0.05) is 266 Å². The fourth-order valence-electron chi connectivity index (χ4n) is 7.82. The second-order valence-electron chi connectivity index (χ2n) is 18.6. The molecule has 0 aliphatic rings. The molecule has 0 spiro atoms. The van der Waals surface area contributed by atoms with Crippen molar-refractivity contribution in [2.45, 2.75) is 271 Å². The van der Waals surface area contributed by atoms with E-state index in [-0.39, 0.29) is 37.5 Å². The molecule has 1 unspecified atom stereocenters. The molecule has 0 heterocycles. The van der Waals surface area contributed by atoms with Gasteiger partial charge in [0.15, 0.2) is 6.10 Å². The van der Waals surface area contributed by atoms with E-state index in [1.807, 2.05) is 60.8 Å². The number of allylic oxidation sites excluding steroid dienone is 14. The lowest BCUT2D eigenvalue weighted by Gasteiger charge is -2.18. The molecular weight excluding hydrogens is 829 g/mol. The van der Waals surface area contributed by atoms with Gasteiger partial charge >= 0.3 is 17.9 Å². The third-order valence-electron chi connectivity index (χ3n) is 12.0. The van der Waals surface area contributed by atoms with E-state index < -0.39 is 6.10 Å². The average molecular weight is 933 g/mol. The molecule has 0 radical (unpaired) electrons. The van der Waals surface area contributed by atoms with Crippen LogP contribution in [0.2, 0.25) is 0 Å². The maximum Gasteiger partial charge on any atom is 0.306 e.